The Bertz CT molecular complexity index is 1230. The maximum Gasteiger partial charge on any atom is 0.417 e. The molecule has 3 aromatic rings. The molecule has 1 aromatic heterocycles. The van der Waals surface area contributed by atoms with Gasteiger partial charge >= 0.3 is 24.2 Å². The summed E-state index contributed by atoms with van der Waals surface area (Å²) in [4.78, 5) is 35.8. The van der Waals surface area contributed by atoms with E-state index < -0.39 is 41.0 Å². The summed E-state index contributed by atoms with van der Waals surface area (Å²) in [6, 6.07) is 6.41. The summed E-state index contributed by atoms with van der Waals surface area (Å²) < 4.78 is 63.4. The summed E-state index contributed by atoms with van der Waals surface area (Å²) in [6.07, 6.45) is -4.99. The van der Waals surface area contributed by atoms with Crippen molar-refractivity contribution in [3.8, 4) is 12.0 Å². The molecular formula is C22H19F4N5O5. The molecule has 14 heteroatoms. The lowest BCUT2D eigenvalue weighted by Crippen LogP contribution is -2.32. The van der Waals surface area contributed by atoms with Gasteiger partial charge < -0.3 is 25.2 Å². The van der Waals surface area contributed by atoms with E-state index in [2.05, 4.69) is 25.6 Å². The number of carbonyl (C=O) groups is 2. The van der Waals surface area contributed by atoms with Crippen LogP contribution in [0, 0.1) is 5.82 Å². The number of carbonyl (C=O) groups excluding carboxylic acids is 1. The molecule has 0 saturated heterocycles. The zero-order chi connectivity index (χ0) is 26.5. The zero-order valence-corrected chi connectivity index (χ0v) is 18.8. The van der Waals surface area contributed by atoms with E-state index >= 15 is 0 Å². The third kappa shape index (κ3) is 6.34. The molecule has 0 radical (unpaired) electrons. The molecule has 190 valence electrons. The number of nitrogens with zero attached hydrogens (tertiary/aromatic N) is 3. The van der Waals surface area contributed by atoms with E-state index in [-0.39, 0.29) is 30.1 Å². The van der Waals surface area contributed by atoms with Crippen LogP contribution < -0.4 is 20.1 Å². The Balaban J connectivity index is 1.74. The van der Waals surface area contributed by atoms with Gasteiger partial charge in [-0.05, 0) is 29.8 Å². The summed E-state index contributed by atoms with van der Waals surface area (Å²) in [6.45, 7) is 0. The number of aromatic nitrogens is 3. The quantitative estimate of drug-likeness (QED) is 0.371. The molecule has 0 aliphatic heterocycles. The molecule has 3 N–H and O–H groups in total. The normalized spacial score (nSPS) is 11.9. The number of carboxylic acid groups (broad SMARTS) is 1. The van der Waals surface area contributed by atoms with Gasteiger partial charge in [-0.25, -0.2) is 9.18 Å². The standard InChI is InChI=1S/C22H19F4N5O5/c1-35-20-29-19(30-21(31-20)36-2)28-15(18(33)34)10-11-6-8-12(9-7-11)27-17(32)16-13(22(24,25)26)4-3-5-14(16)23/h3-9,15H,10H2,1-2H3,(H,27,32)(H,33,34)(H,28,29,30,31)/t15-/m0/s1. The van der Waals surface area contributed by atoms with Gasteiger partial charge in [0.15, 0.2) is 0 Å². The molecule has 0 fully saturated rings. The van der Waals surface area contributed by atoms with Crippen molar-refractivity contribution in [1.29, 1.82) is 0 Å². The highest BCUT2D eigenvalue weighted by atomic mass is 19.4. The van der Waals surface area contributed by atoms with Gasteiger partial charge in [0, 0.05) is 12.1 Å². The molecule has 1 amide bonds. The van der Waals surface area contributed by atoms with Crippen molar-refractivity contribution in [3.05, 3.63) is 65.0 Å². The number of nitrogens with one attached hydrogen (secondary N) is 2. The average molecular weight is 509 g/mol. The number of anilines is 2. The molecule has 0 aliphatic carbocycles. The van der Waals surface area contributed by atoms with Gasteiger partial charge in [-0.3, -0.25) is 4.79 Å². The van der Waals surface area contributed by atoms with Crippen LogP contribution in [-0.4, -0.2) is 52.2 Å². The third-order valence-electron chi connectivity index (χ3n) is 4.76. The van der Waals surface area contributed by atoms with E-state index in [1.807, 2.05) is 0 Å². The van der Waals surface area contributed by atoms with Crippen molar-refractivity contribution >= 4 is 23.5 Å². The van der Waals surface area contributed by atoms with Crippen molar-refractivity contribution in [1.82, 2.24) is 15.0 Å². The highest BCUT2D eigenvalue weighted by Gasteiger charge is 2.36. The van der Waals surface area contributed by atoms with Gasteiger partial charge in [-0.1, -0.05) is 18.2 Å². The lowest BCUT2D eigenvalue weighted by Gasteiger charge is -2.16. The van der Waals surface area contributed by atoms with Crippen molar-refractivity contribution in [2.45, 2.75) is 18.6 Å². The van der Waals surface area contributed by atoms with E-state index in [0.29, 0.717) is 11.6 Å². The lowest BCUT2D eigenvalue weighted by atomic mass is 10.0. The molecule has 10 nitrogen and oxygen atoms in total. The van der Waals surface area contributed by atoms with Gasteiger partial charge in [0.25, 0.3) is 5.91 Å². The summed E-state index contributed by atoms with van der Waals surface area (Å²) in [5, 5.41) is 14.4. The topological polar surface area (TPSA) is 136 Å². The van der Waals surface area contributed by atoms with Gasteiger partial charge in [0.05, 0.1) is 25.3 Å². The first-order valence-electron chi connectivity index (χ1n) is 10.1. The van der Waals surface area contributed by atoms with Crippen LogP contribution in [0.15, 0.2) is 42.5 Å². The number of halogens is 4. The second-order valence-electron chi connectivity index (χ2n) is 7.18. The smallest absolute Gasteiger partial charge is 0.417 e. The Hall–Kier alpha value is -4.49. The number of carboxylic acids is 1. The number of aliphatic carboxylic acids is 1. The Labute approximate surface area is 201 Å². The molecule has 36 heavy (non-hydrogen) atoms. The van der Waals surface area contributed by atoms with Crippen molar-refractivity contribution in [2.24, 2.45) is 0 Å². The second kappa shape index (κ2) is 10.8. The predicted molar refractivity (Wildman–Crippen MR) is 117 cm³/mol. The Kier molecular flexibility index (Phi) is 7.86. The molecule has 0 spiro atoms. The number of methoxy groups -OCH3 is 2. The molecule has 1 atom stereocenters. The summed E-state index contributed by atoms with van der Waals surface area (Å²) in [7, 11) is 2.62. The molecule has 0 aliphatic rings. The number of rotatable bonds is 9. The van der Waals surface area contributed by atoms with E-state index in [1.165, 1.54) is 38.5 Å². The second-order valence-corrected chi connectivity index (χ2v) is 7.18. The summed E-state index contributed by atoms with van der Waals surface area (Å²) in [5.74, 6) is -3.94. The number of amides is 1. The molecular weight excluding hydrogens is 490 g/mol. The van der Waals surface area contributed by atoms with Gasteiger partial charge in [-0.15, -0.1) is 4.98 Å². The minimum Gasteiger partial charge on any atom is -0.480 e. The maximum absolute atomic E-state index is 14.0. The lowest BCUT2D eigenvalue weighted by molar-refractivity contribution is -0.138. The Morgan fingerprint density at radius 1 is 1.00 bits per heavy atom. The van der Waals surface area contributed by atoms with Crippen LogP contribution in [-0.2, 0) is 17.4 Å². The highest BCUT2D eigenvalue weighted by molar-refractivity contribution is 6.05. The van der Waals surface area contributed by atoms with Crippen LogP contribution in [0.1, 0.15) is 21.5 Å². The Morgan fingerprint density at radius 3 is 2.14 bits per heavy atom. The molecule has 1 heterocycles. The highest BCUT2D eigenvalue weighted by Crippen LogP contribution is 2.33. The van der Waals surface area contributed by atoms with Gasteiger partial charge in [-0.2, -0.15) is 23.1 Å². The first-order valence-corrected chi connectivity index (χ1v) is 10.1. The average Bonchev–Trinajstić information content (AvgIpc) is 2.83. The number of benzene rings is 2. The van der Waals surface area contributed by atoms with Crippen LogP contribution in [0.4, 0.5) is 29.2 Å². The van der Waals surface area contributed by atoms with Crippen molar-refractivity contribution in [2.75, 3.05) is 24.9 Å². The molecule has 3 rings (SSSR count). The van der Waals surface area contributed by atoms with E-state index in [4.69, 9.17) is 9.47 Å². The van der Waals surface area contributed by atoms with Crippen LogP contribution in [0.2, 0.25) is 0 Å². The monoisotopic (exact) mass is 509 g/mol. The first kappa shape index (κ1) is 26.1. The minimum atomic E-state index is -4.93. The van der Waals surface area contributed by atoms with E-state index in [0.717, 1.165) is 12.1 Å². The van der Waals surface area contributed by atoms with Gasteiger partial charge in [0.1, 0.15) is 11.9 Å². The fourth-order valence-corrected chi connectivity index (χ4v) is 3.09. The van der Waals surface area contributed by atoms with Crippen LogP contribution >= 0.6 is 0 Å². The number of alkyl halides is 3. The predicted octanol–water partition coefficient (Wildman–Crippen LogP) is 3.41. The first-order chi connectivity index (χ1) is 17.0. The van der Waals surface area contributed by atoms with Crippen LogP contribution in [0.25, 0.3) is 0 Å². The minimum absolute atomic E-state index is 0.0641. The largest absolute Gasteiger partial charge is 0.480 e. The Morgan fingerprint density at radius 2 is 1.61 bits per heavy atom. The van der Waals surface area contributed by atoms with Crippen LogP contribution in [0.3, 0.4) is 0 Å². The fourth-order valence-electron chi connectivity index (χ4n) is 3.09. The van der Waals surface area contributed by atoms with Crippen molar-refractivity contribution in [3.63, 3.8) is 0 Å². The van der Waals surface area contributed by atoms with E-state index in [1.54, 1.807) is 0 Å². The molecule has 2 aromatic carbocycles. The molecule has 0 saturated carbocycles. The summed E-state index contributed by atoms with van der Waals surface area (Å²) in [5.41, 5.74) is -1.97. The molecule has 0 bridgehead atoms. The maximum atomic E-state index is 14.0. The number of hydrogen-bond donors (Lipinski definition) is 3. The van der Waals surface area contributed by atoms with Gasteiger partial charge in [0.2, 0.25) is 5.95 Å². The van der Waals surface area contributed by atoms with Crippen molar-refractivity contribution < 1.29 is 41.7 Å². The number of ether oxygens (including phenoxy) is 2. The summed E-state index contributed by atoms with van der Waals surface area (Å²) >= 11 is 0. The van der Waals surface area contributed by atoms with Crippen LogP contribution in [0.5, 0.6) is 12.0 Å². The molecule has 0 unspecified atom stereocenters. The third-order valence-corrected chi connectivity index (χ3v) is 4.76. The number of hydrogen-bond acceptors (Lipinski definition) is 8. The zero-order valence-electron chi connectivity index (χ0n) is 18.8. The SMILES string of the molecule is COc1nc(N[C@@H](Cc2ccc(NC(=O)c3c(F)cccc3C(F)(F)F)cc2)C(=O)O)nc(OC)n1. The van der Waals surface area contributed by atoms with E-state index in [9.17, 15) is 32.3 Å². The fraction of sp³-hybridized carbons (Fsp3) is 0.227.